The number of fused-ring (bicyclic) bond motifs is 4. The molecule has 3 amide bonds. The molecule has 0 aliphatic carbocycles. The second kappa shape index (κ2) is 11.3. The van der Waals surface area contributed by atoms with Crippen molar-refractivity contribution in [2.45, 2.75) is 32.1 Å². The number of amides is 3. The topological polar surface area (TPSA) is 123 Å². The fraction of sp³-hybridized carbons (Fsp3) is 0.464. The number of nitrogens with zero attached hydrogens (tertiary/aromatic N) is 5. The van der Waals surface area contributed by atoms with Crippen LogP contribution in [0.5, 0.6) is 5.75 Å². The number of nitrogens with one attached hydrogen (secondary N) is 1. The van der Waals surface area contributed by atoms with Gasteiger partial charge in [0.2, 0.25) is 5.91 Å². The normalized spacial score (nSPS) is 20.3. The summed E-state index contributed by atoms with van der Waals surface area (Å²) in [5.41, 5.74) is 1.60. The summed E-state index contributed by atoms with van der Waals surface area (Å²) >= 11 is 0. The molecule has 3 aromatic rings. The van der Waals surface area contributed by atoms with Crippen molar-refractivity contribution in [3.05, 3.63) is 65.9 Å². The molecule has 1 fully saturated rings. The van der Waals surface area contributed by atoms with E-state index in [4.69, 9.17) is 9.15 Å². The van der Waals surface area contributed by atoms with Crippen LogP contribution < -0.4 is 10.1 Å². The summed E-state index contributed by atoms with van der Waals surface area (Å²) in [5, 5.41) is 3.02. The van der Waals surface area contributed by atoms with E-state index in [0.29, 0.717) is 55.6 Å². The lowest BCUT2D eigenvalue weighted by molar-refractivity contribution is -0.125. The van der Waals surface area contributed by atoms with E-state index in [2.05, 4.69) is 15.3 Å². The fourth-order valence-electron chi connectivity index (χ4n) is 5.27. The molecule has 11 nitrogen and oxygen atoms in total. The van der Waals surface area contributed by atoms with Gasteiger partial charge in [-0.1, -0.05) is 26.0 Å². The Balaban J connectivity index is 1.37. The number of aromatic nitrogens is 3. The number of carbonyl (C=O) groups is 3. The Kier molecular flexibility index (Phi) is 7.67. The molecule has 2 aliphatic rings. The van der Waals surface area contributed by atoms with Gasteiger partial charge < -0.3 is 28.8 Å². The van der Waals surface area contributed by atoms with Crippen LogP contribution in [-0.4, -0.2) is 81.4 Å². The van der Waals surface area contributed by atoms with E-state index in [9.17, 15) is 14.4 Å². The van der Waals surface area contributed by atoms with Crippen LogP contribution in [0.25, 0.3) is 0 Å². The lowest BCUT2D eigenvalue weighted by atomic mass is 9.88. The zero-order valence-electron chi connectivity index (χ0n) is 22.5. The Bertz CT molecular complexity index is 1350. The quantitative estimate of drug-likeness (QED) is 0.548. The molecule has 0 saturated carbocycles. The van der Waals surface area contributed by atoms with Crippen molar-refractivity contribution in [2.75, 3.05) is 39.3 Å². The van der Waals surface area contributed by atoms with Crippen LogP contribution in [-0.2, 0) is 11.8 Å². The number of oxazole rings is 1. The summed E-state index contributed by atoms with van der Waals surface area (Å²) in [6.07, 6.45) is 5.17. The van der Waals surface area contributed by atoms with Gasteiger partial charge in [0.05, 0.1) is 18.9 Å². The zero-order chi connectivity index (χ0) is 27.5. The molecule has 0 spiro atoms. The Morgan fingerprint density at radius 2 is 1.90 bits per heavy atom. The van der Waals surface area contributed by atoms with Gasteiger partial charge >= 0.3 is 0 Å². The molecular weight excluding hydrogens is 500 g/mol. The van der Waals surface area contributed by atoms with Crippen LogP contribution in [0.4, 0.5) is 0 Å². The third kappa shape index (κ3) is 5.67. The van der Waals surface area contributed by atoms with Gasteiger partial charge in [0.25, 0.3) is 11.8 Å². The van der Waals surface area contributed by atoms with Crippen molar-refractivity contribution in [1.82, 2.24) is 29.7 Å². The first-order chi connectivity index (χ1) is 18.8. The number of carbonyl (C=O) groups excluding carboxylic acids is 3. The number of rotatable bonds is 3. The van der Waals surface area contributed by atoms with Crippen LogP contribution in [0.3, 0.4) is 0 Å². The minimum atomic E-state index is -0.455. The maximum absolute atomic E-state index is 13.5. The summed E-state index contributed by atoms with van der Waals surface area (Å²) in [6, 6.07) is 7.70. The van der Waals surface area contributed by atoms with Gasteiger partial charge in [-0.25, -0.2) is 9.97 Å². The molecule has 2 aliphatic heterocycles. The lowest BCUT2D eigenvalue weighted by Gasteiger charge is -2.24. The maximum atomic E-state index is 13.5. The van der Waals surface area contributed by atoms with Gasteiger partial charge in [0, 0.05) is 57.8 Å². The Morgan fingerprint density at radius 1 is 1.08 bits per heavy atom. The molecule has 0 radical (unpaired) electrons. The van der Waals surface area contributed by atoms with E-state index in [1.807, 2.05) is 45.2 Å². The number of ether oxygens (including phenoxy) is 1. The number of imidazole rings is 1. The van der Waals surface area contributed by atoms with E-state index in [1.165, 1.54) is 6.39 Å². The summed E-state index contributed by atoms with van der Waals surface area (Å²) in [5.74, 6) is -0.00601. The van der Waals surface area contributed by atoms with Crippen LogP contribution in [0.2, 0.25) is 0 Å². The molecule has 206 valence electrons. The molecular formula is C28H34N6O5. The van der Waals surface area contributed by atoms with Crippen LogP contribution >= 0.6 is 0 Å². The van der Waals surface area contributed by atoms with E-state index in [1.54, 1.807) is 26.9 Å². The molecule has 2 bridgehead atoms. The molecule has 11 heteroatoms. The van der Waals surface area contributed by atoms with Crippen LogP contribution in [0.1, 0.15) is 64.4 Å². The molecule has 39 heavy (non-hydrogen) atoms. The average molecular weight is 535 g/mol. The predicted octanol–water partition coefficient (Wildman–Crippen LogP) is 2.43. The molecule has 1 aromatic carbocycles. The number of likely N-dealkylation sites (tertiary alicyclic amines) is 1. The Hall–Kier alpha value is -4.15. The van der Waals surface area contributed by atoms with E-state index in [-0.39, 0.29) is 42.6 Å². The van der Waals surface area contributed by atoms with Gasteiger partial charge in [0.15, 0.2) is 12.1 Å². The highest BCUT2D eigenvalue weighted by molar-refractivity contribution is 5.94. The first kappa shape index (κ1) is 26.5. The Labute approximate surface area is 227 Å². The van der Waals surface area contributed by atoms with E-state index >= 15 is 0 Å². The third-order valence-corrected chi connectivity index (χ3v) is 7.29. The summed E-state index contributed by atoms with van der Waals surface area (Å²) in [6.45, 7) is 6.02. The smallest absolute Gasteiger partial charge is 0.276 e. The fourth-order valence-corrected chi connectivity index (χ4v) is 5.27. The largest absolute Gasteiger partial charge is 0.494 e. The minimum Gasteiger partial charge on any atom is -0.494 e. The molecule has 5 rings (SSSR count). The zero-order valence-corrected chi connectivity index (χ0v) is 22.5. The van der Waals surface area contributed by atoms with Crippen molar-refractivity contribution < 1.29 is 23.5 Å². The SMILES string of the molecule is CC(C)c1ocnc1C(=O)N1CCCOc2cccc(c2)[C@H]2CN(C(=O)c3cn(C)cn3)C[C@@H]2C(=O)NCC1. The highest BCUT2D eigenvalue weighted by Gasteiger charge is 2.41. The maximum Gasteiger partial charge on any atom is 0.276 e. The Morgan fingerprint density at radius 3 is 2.67 bits per heavy atom. The second-order valence-electron chi connectivity index (χ2n) is 10.4. The molecule has 4 heterocycles. The molecule has 1 saturated heterocycles. The molecule has 2 atom stereocenters. The third-order valence-electron chi connectivity index (χ3n) is 7.29. The standard InChI is InChI=1S/C28H34N6O5/c1-18(2)25-24(31-17-39-25)28(37)33-9-5-11-38-20-7-4-6-19(12-20)21-13-34(14-22(21)26(35)29-8-10-33)27(36)23-15-32(3)16-30-23/h4,6-7,12,15-18,21-22H,5,8-11,13-14H2,1-3H3,(H,29,35)/t21-,22+/m1/s1. The van der Waals surface area contributed by atoms with Crippen LogP contribution in [0.15, 0.2) is 47.6 Å². The highest BCUT2D eigenvalue weighted by Crippen LogP contribution is 2.35. The first-order valence-electron chi connectivity index (χ1n) is 13.3. The molecule has 0 unspecified atom stereocenters. The monoisotopic (exact) mass is 534 g/mol. The highest BCUT2D eigenvalue weighted by atomic mass is 16.5. The number of benzene rings is 1. The number of hydrogen-bond acceptors (Lipinski definition) is 7. The molecule has 2 aromatic heterocycles. The van der Waals surface area contributed by atoms with Gasteiger partial charge in [-0.3, -0.25) is 14.4 Å². The minimum absolute atomic E-state index is 0.0116. The van der Waals surface area contributed by atoms with Crippen LogP contribution in [0, 0.1) is 5.92 Å². The van der Waals surface area contributed by atoms with Crippen molar-refractivity contribution in [2.24, 2.45) is 13.0 Å². The summed E-state index contributed by atoms with van der Waals surface area (Å²) < 4.78 is 13.2. The van der Waals surface area contributed by atoms with Crippen molar-refractivity contribution in [3.8, 4) is 5.75 Å². The van der Waals surface area contributed by atoms with Crippen molar-refractivity contribution in [1.29, 1.82) is 0 Å². The first-order valence-corrected chi connectivity index (χ1v) is 13.3. The van der Waals surface area contributed by atoms with Crippen molar-refractivity contribution >= 4 is 17.7 Å². The predicted molar refractivity (Wildman–Crippen MR) is 141 cm³/mol. The average Bonchev–Trinajstić information content (AvgIpc) is 3.68. The summed E-state index contributed by atoms with van der Waals surface area (Å²) in [7, 11) is 1.81. The second-order valence-corrected chi connectivity index (χ2v) is 10.4. The molecule has 1 N–H and O–H groups in total. The van der Waals surface area contributed by atoms with Gasteiger partial charge in [-0.05, 0) is 24.1 Å². The van der Waals surface area contributed by atoms with E-state index in [0.717, 1.165) is 5.56 Å². The van der Waals surface area contributed by atoms with Gasteiger partial charge in [-0.2, -0.15) is 0 Å². The lowest BCUT2D eigenvalue weighted by Crippen LogP contribution is -2.42. The number of aryl methyl sites for hydroxylation is 1. The van der Waals surface area contributed by atoms with Gasteiger partial charge in [-0.15, -0.1) is 0 Å². The summed E-state index contributed by atoms with van der Waals surface area (Å²) in [4.78, 5) is 51.8. The number of hydrogen-bond donors (Lipinski definition) is 1. The van der Waals surface area contributed by atoms with Crippen molar-refractivity contribution in [3.63, 3.8) is 0 Å². The van der Waals surface area contributed by atoms with Gasteiger partial charge in [0.1, 0.15) is 17.2 Å². The van der Waals surface area contributed by atoms with E-state index < -0.39 is 5.92 Å².